The maximum absolute atomic E-state index is 12.2. The number of nitro benzene ring substituents is 1. The molecule has 7 heteroatoms. The topological polar surface area (TPSA) is 87.9 Å². The van der Waals surface area contributed by atoms with Crippen molar-refractivity contribution in [2.24, 2.45) is 0 Å². The molecule has 0 N–H and O–H groups in total. The van der Waals surface area contributed by atoms with E-state index in [-0.39, 0.29) is 12.1 Å². The summed E-state index contributed by atoms with van der Waals surface area (Å²) in [6.07, 6.45) is -0.580. The minimum atomic E-state index is -0.600. The van der Waals surface area contributed by atoms with Gasteiger partial charge in [-0.1, -0.05) is 18.2 Å². The van der Waals surface area contributed by atoms with Crippen LogP contribution in [0.1, 0.15) is 24.2 Å². The summed E-state index contributed by atoms with van der Waals surface area (Å²) in [5.41, 5.74) is 1.18. The van der Waals surface area contributed by atoms with Crippen LogP contribution in [0.5, 0.6) is 11.5 Å². The highest BCUT2D eigenvalue weighted by Crippen LogP contribution is 2.26. The maximum atomic E-state index is 12.2. The lowest BCUT2D eigenvalue weighted by Crippen LogP contribution is -2.12. The van der Waals surface area contributed by atoms with Crippen LogP contribution < -0.4 is 9.47 Å². The molecule has 0 spiro atoms. The Bertz CT molecular complexity index is 774. The SMILES string of the molecule is COc1ccc(CC(=O)O[C@H](C)c2cccc([N+](=O)[O-])c2)c(OC)c1. The number of ether oxygens (including phenoxy) is 3. The van der Waals surface area contributed by atoms with Gasteiger partial charge < -0.3 is 14.2 Å². The number of rotatable bonds is 7. The molecule has 0 bridgehead atoms. The lowest BCUT2D eigenvalue weighted by Gasteiger charge is -2.15. The summed E-state index contributed by atoms with van der Waals surface area (Å²) in [5, 5.41) is 10.8. The van der Waals surface area contributed by atoms with Crippen LogP contribution >= 0.6 is 0 Å². The minimum Gasteiger partial charge on any atom is -0.497 e. The van der Waals surface area contributed by atoms with Crippen molar-refractivity contribution in [3.8, 4) is 11.5 Å². The van der Waals surface area contributed by atoms with Crippen LogP contribution in [0.3, 0.4) is 0 Å². The summed E-state index contributed by atoms with van der Waals surface area (Å²) >= 11 is 0. The quantitative estimate of drug-likeness (QED) is 0.434. The standard InChI is InChI=1S/C18H19NO6/c1-12(13-5-4-6-15(9-13)19(21)22)25-18(20)10-14-7-8-16(23-2)11-17(14)24-3/h4-9,11-12H,10H2,1-3H3/t12-/m1/s1. The van der Waals surface area contributed by atoms with Crippen molar-refractivity contribution in [2.75, 3.05) is 14.2 Å². The smallest absolute Gasteiger partial charge is 0.311 e. The molecule has 0 amide bonds. The molecular weight excluding hydrogens is 326 g/mol. The van der Waals surface area contributed by atoms with Crippen molar-refractivity contribution in [1.82, 2.24) is 0 Å². The molecule has 0 unspecified atom stereocenters. The monoisotopic (exact) mass is 345 g/mol. The predicted octanol–water partition coefficient (Wildman–Crippen LogP) is 3.46. The molecule has 0 heterocycles. The number of nitrogens with zero attached hydrogens (tertiary/aromatic N) is 1. The minimum absolute atomic E-state index is 0.0203. The van der Waals surface area contributed by atoms with Gasteiger partial charge in [-0.3, -0.25) is 14.9 Å². The Morgan fingerprint density at radius 3 is 2.56 bits per heavy atom. The van der Waals surface area contributed by atoms with Gasteiger partial charge >= 0.3 is 5.97 Å². The van der Waals surface area contributed by atoms with E-state index in [9.17, 15) is 14.9 Å². The molecule has 0 aliphatic carbocycles. The molecule has 0 aromatic heterocycles. The fourth-order valence-corrected chi connectivity index (χ4v) is 2.35. The van der Waals surface area contributed by atoms with E-state index in [1.807, 2.05) is 0 Å². The fraction of sp³-hybridized carbons (Fsp3) is 0.278. The second-order valence-electron chi connectivity index (χ2n) is 5.34. The van der Waals surface area contributed by atoms with E-state index < -0.39 is 17.0 Å². The van der Waals surface area contributed by atoms with Gasteiger partial charge in [-0.25, -0.2) is 0 Å². The molecule has 2 aromatic rings. The first-order valence-electron chi connectivity index (χ1n) is 7.59. The van der Waals surface area contributed by atoms with E-state index in [0.29, 0.717) is 22.6 Å². The average molecular weight is 345 g/mol. The lowest BCUT2D eigenvalue weighted by atomic mass is 10.1. The van der Waals surface area contributed by atoms with Gasteiger partial charge in [-0.15, -0.1) is 0 Å². The molecule has 0 aliphatic heterocycles. The fourth-order valence-electron chi connectivity index (χ4n) is 2.35. The van der Waals surface area contributed by atoms with E-state index in [2.05, 4.69) is 0 Å². The number of benzene rings is 2. The van der Waals surface area contributed by atoms with Crippen molar-refractivity contribution < 1.29 is 23.9 Å². The summed E-state index contributed by atoms with van der Waals surface area (Å²) in [6, 6.07) is 11.2. The summed E-state index contributed by atoms with van der Waals surface area (Å²) in [7, 11) is 3.05. The zero-order valence-electron chi connectivity index (χ0n) is 14.2. The second-order valence-corrected chi connectivity index (χ2v) is 5.34. The molecule has 0 saturated carbocycles. The Hall–Kier alpha value is -3.09. The number of nitro groups is 1. The highest BCUT2D eigenvalue weighted by molar-refractivity contribution is 5.74. The first kappa shape index (κ1) is 18.3. The van der Waals surface area contributed by atoms with E-state index in [1.54, 1.807) is 44.4 Å². The summed E-state index contributed by atoms with van der Waals surface area (Å²) < 4.78 is 15.8. The Morgan fingerprint density at radius 1 is 1.16 bits per heavy atom. The van der Waals surface area contributed by atoms with Crippen LogP contribution in [0.15, 0.2) is 42.5 Å². The second kappa shape index (κ2) is 8.14. The van der Waals surface area contributed by atoms with Gasteiger partial charge in [0.2, 0.25) is 0 Å². The first-order valence-corrected chi connectivity index (χ1v) is 7.59. The van der Waals surface area contributed by atoms with Crippen molar-refractivity contribution in [2.45, 2.75) is 19.4 Å². The largest absolute Gasteiger partial charge is 0.497 e. The van der Waals surface area contributed by atoms with Crippen LogP contribution in [0, 0.1) is 10.1 Å². The van der Waals surface area contributed by atoms with Crippen LogP contribution in [0.25, 0.3) is 0 Å². The van der Waals surface area contributed by atoms with Crippen LogP contribution in [-0.2, 0) is 16.0 Å². The Labute approximate surface area is 145 Å². The number of carbonyl (C=O) groups excluding carboxylic acids is 1. The number of non-ortho nitro benzene ring substituents is 1. The van der Waals surface area contributed by atoms with Gasteiger partial charge in [0.25, 0.3) is 5.69 Å². The van der Waals surface area contributed by atoms with Gasteiger partial charge in [0.1, 0.15) is 17.6 Å². The van der Waals surface area contributed by atoms with E-state index in [4.69, 9.17) is 14.2 Å². The molecule has 25 heavy (non-hydrogen) atoms. The number of esters is 1. The van der Waals surface area contributed by atoms with Gasteiger partial charge in [0, 0.05) is 23.8 Å². The molecule has 1 atom stereocenters. The summed E-state index contributed by atoms with van der Waals surface area (Å²) in [4.78, 5) is 22.5. The molecule has 132 valence electrons. The lowest BCUT2D eigenvalue weighted by molar-refractivity contribution is -0.385. The summed E-state index contributed by atoms with van der Waals surface area (Å²) in [5.74, 6) is 0.695. The highest BCUT2D eigenvalue weighted by atomic mass is 16.6. The Morgan fingerprint density at radius 2 is 1.92 bits per heavy atom. The normalized spacial score (nSPS) is 11.5. The van der Waals surface area contributed by atoms with Crippen LogP contribution in [0.4, 0.5) is 5.69 Å². The van der Waals surface area contributed by atoms with Gasteiger partial charge in [0.05, 0.1) is 25.6 Å². The summed E-state index contributed by atoms with van der Waals surface area (Å²) in [6.45, 7) is 1.67. The van der Waals surface area contributed by atoms with E-state index in [1.165, 1.54) is 19.2 Å². The molecular formula is C18H19NO6. The molecule has 2 rings (SSSR count). The average Bonchev–Trinajstić information content (AvgIpc) is 2.61. The Kier molecular flexibility index (Phi) is 5.94. The zero-order valence-corrected chi connectivity index (χ0v) is 14.2. The number of methoxy groups -OCH3 is 2. The van der Waals surface area contributed by atoms with Gasteiger partial charge in [-0.05, 0) is 18.6 Å². The number of hydrogen-bond acceptors (Lipinski definition) is 6. The number of hydrogen-bond donors (Lipinski definition) is 0. The highest BCUT2D eigenvalue weighted by Gasteiger charge is 2.17. The van der Waals surface area contributed by atoms with Crippen molar-refractivity contribution >= 4 is 11.7 Å². The molecule has 0 saturated heterocycles. The first-order chi connectivity index (χ1) is 11.9. The van der Waals surface area contributed by atoms with Crippen molar-refractivity contribution in [3.05, 3.63) is 63.7 Å². The van der Waals surface area contributed by atoms with Crippen molar-refractivity contribution in [3.63, 3.8) is 0 Å². The molecule has 0 radical (unpaired) electrons. The molecule has 0 fully saturated rings. The molecule has 7 nitrogen and oxygen atoms in total. The van der Waals surface area contributed by atoms with E-state index in [0.717, 1.165) is 0 Å². The van der Waals surface area contributed by atoms with Gasteiger partial charge in [-0.2, -0.15) is 0 Å². The van der Waals surface area contributed by atoms with E-state index >= 15 is 0 Å². The molecule has 2 aromatic carbocycles. The predicted molar refractivity (Wildman–Crippen MR) is 90.9 cm³/mol. The third-order valence-electron chi connectivity index (χ3n) is 3.69. The van der Waals surface area contributed by atoms with Crippen LogP contribution in [0.2, 0.25) is 0 Å². The van der Waals surface area contributed by atoms with Crippen LogP contribution in [-0.4, -0.2) is 25.1 Å². The third kappa shape index (κ3) is 4.69. The molecule has 0 aliphatic rings. The zero-order chi connectivity index (χ0) is 18.4. The Balaban J connectivity index is 2.07. The maximum Gasteiger partial charge on any atom is 0.311 e. The third-order valence-corrected chi connectivity index (χ3v) is 3.69. The van der Waals surface area contributed by atoms with Gasteiger partial charge in [0.15, 0.2) is 0 Å². The number of carbonyl (C=O) groups is 1. The van der Waals surface area contributed by atoms with Crippen molar-refractivity contribution in [1.29, 1.82) is 0 Å².